The molecule has 0 aliphatic carbocycles. The van der Waals surface area contributed by atoms with Gasteiger partial charge >= 0.3 is 6.09 Å². The molecule has 0 fully saturated rings. The van der Waals surface area contributed by atoms with E-state index in [4.69, 9.17) is 0 Å². The van der Waals surface area contributed by atoms with Crippen molar-refractivity contribution >= 4 is 11.9 Å². The van der Waals surface area contributed by atoms with Crippen molar-refractivity contribution in [3.05, 3.63) is 31.0 Å². The van der Waals surface area contributed by atoms with Crippen LogP contribution in [0.15, 0.2) is 31.0 Å². The molecule has 1 aromatic rings. The average Bonchev–Trinajstić information content (AvgIpc) is 2.53. The molecule has 0 aliphatic heterocycles. The minimum atomic E-state index is -0.489. The van der Waals surface area contributed by atoms with Crippen molar-refractivity contribution in [1.82, 2.24) is 4.98 Å². The van der Waals surface area contributed by atoms with E-state index in [1.54, 1.807) is 18.3 Å². The van der Waals surface area contributed by atoms with Crippen LogP contribution in [-0.4, -0.2) is 17.7 Å². The summed E-state index contributed by atoms with van der Waals surface area (Å²) in [4.78, 5) is 13.7. The molecule has 12 heavy (non-hydrogen) atoms. The normalized spacial score (nSPS) is 9.00. The summed E-state index contributed by atoms with van der Waals surface area (Å²) in [6.45, 7) is 3.63. The number of aromatic nitrogens is 1. The number of amides is 1. The maximum atomic E-state index is 10.9. The maximum Gasteiger partial charge on any atom is 0.413 e. The lowest BCUT2D eigenvalue weighted by atomic mass is 10.6. The number of hydrogen-bond donors (Lipinski definition) is 2. The van der Waals surface area contributed by atoms with Crippen molar-refractivity contribution in [2.45, 2.75) is 0 Å². The Balaban J connectivity index is 2.32. The Bertz CT molecular complexity index is 254. The third kappa shape index (κ3) is 2.49. The molecule has 0 radical (unpaired) electrons. The predicted molar refractivity (Wildman–Crippen MR) is 46.0 cm³/mol. The number of nitrogens with one attached hydrogen (secondary N) is 2. The summed E-state index contributed by atoms with van der Waals surface area (Å²) in [7, 11) is 0. The molecule has 2 N–H and O–H groups in total. The molecule has 0 saturated heterocycles. The van der Waals surface area contributed by atoms with E-state index in [2.05, 4.69) is 21.6 Å². The summed E-state index contributed by atoms with van der Waals surface area (Å²) >= 11 is 0. The van der Waals surface area contributed by atoms with Gasteiger partial charge in [0, 0.05) is 6.20 Å². The van der Waals surface area contributed by atoms with Crippen LogP contribution in [0.3, 0.4) is 0 Å². The molecule has 0 aliphatic rings. The molecule has 0 bridgehead atoms. The molecule has 4 heteroatoms. The van der Waals surface area contributed by atoms with Crippen LogP contribution in [0, 0.1) is 0 Å². The van der Waals surface area contributed by atoms with Gasteiger partial charge in [-0.05, 0) is 12.1 Å². The minimum absolute atomic E-state index is 0.215. The van der Waals surface area contributed by atoms with E-state index in [1.165, 1.54) is 6.08 Å². The van der Waals surface area contributed by atoms with Gasteiger partial charge in [-0.3, -0.25) is 5.32 Å². The molecule has 64 valence electrons. The summed E-state index contributed by atoms with van der Waals surface area (Å²) < 4.78 is 4.68. The van der Waals surface area contributed by atoms with Gasteiger partial charge in [-0.15, -0.1) is 0 Å². The third-order valence-corrected chi connectivity index (χ3v) is 1.17. The fourth-order valence-electron chi connectivity index (χ4n) is 0.689. The van der Waals surface area contributed by atoms with Crippen molar-refractivity contribution in [2.75, 3.05) is 11.9 Å². The first-order chi connectivity index (χ1) is 5.83. The molecule has 1 amide bonds. The number of anilines is 1. The highest BCUT2D eigenvalue weighted by Crippen LogP contribution is 2.00. The first-order valence-corrected chi connectivity index (χ1v) is 3.51. The number of hydrogen-bond acceptors (Lipinski definition) is 2. The van der Waals surface area contributed by atoms with Gasteiger partial charge in [-0.25, -0.2) is 4.79 Å². The molecule has 1 aromatic heterocycles. The zero-order valence-electron chi connectivity index (χ0n) is 6.54. The monoisotopic (exact) mass is 166 g/mol. The van der Waals surface area contributed by atoms with E-state index in [0.717, 1.165) is 0 Å². The lowest BCUT2D eigenvalue weighted by Crippen LogP contribution is -2.13. The highest BCUT2D eigenvalue weighted by Gasteiger charge is 2.00. The van der Waals surface area contributed by atoms with Gasteiger partial charge < -0.3 is 9.72 Å². The Kier molecular flexibility index (Phi) is 2.95. The van der Waals surface area contributed by atoms with E-state index in [0.29, 0.717) is 5.82 Å². The lowest BCUT2D eigenvalue weighted by molar-refractivity contribution is 0.174. The Labute approximate surface area is 70.2 Å². The second kappa shape index (κ2) is 4.23. The van der Waals surface area contributed by atoms with Crippen molar-refractivity contribution in [3.8, 4) is 0 Å². The average molecular weight is 166 g/mol. The van der Waals surface area contributed by atoms with Gasteiger partial charge in [0.25, 0.3) is 0 Å². The van der Waals surface area contributed by atoms with Gasteiger partial charge in [0.05, 0.1) is 0 Å². The molecule has 4 nitrogen and oxygen atoms in total. The highest BCUT2D eigenvalue weighted by molar-refractivity contribution is 5.83. The number of H-pyrrole nitrogens is 1. The molecule has 0 atom stereocenters. The number of ether oxygens (including phenoxy) is 1. The lowest BCUT2D eigenvalue weighted by Gasteiger charge is -2.01. The smallest absolute Gasteiger partial charge is 0.413 e. The van der Waals surface area contributed by atoms with Crippen molar-refractivity contribution in [2.24, 2.45) is 0 Å². The fraction of sp³-hybridized carbons (Fsp3) is 0.125. The highest BCUT2D eigenvalue weighted by atomic mass is 16.5. The minimum Gasteiger partial charge on any atom is -0.445 e. The van der Waals surface area contributed by atoms with E-state index < -0.39 is 6.09 Å². The summed E-state index contributed by atoms with van der Waals surface area (Å²) in [5.74, 6) is 0.615. The van der Waals surface area contributed by atoms with E-state index in [1.807, 2.05) is 0 Å². The quantitative estimate of drug-likeness (QED) is 0.672. The molecular formula is C8H10N2O2. The van der Waals surface area contributed by atoms with Crippen LogP contribution in [0.1, 0.15) is 0 Å². The Morgan fingerprint density at radius 3 is 3.25 bits per heavy atom. The second-order valence-corrected chi connectivity index (χ2v) is 2.10. The first kappa shape index (κ1) is 8.39. The van der Waals surface area contributed by atoms with Crippen molar-refractivity contribution in [1.29, 1.82) is 0 Å². The van der Waals surface area contributed by atoms with Gasteiger partial charge in [-0.2, -0.15) is 0 Å². The molecule has 0 aromatic carbocycles. The first-order valence-electron chi connectivity index (χ1n) is 3.51. The zero-order valence-corrected chi connectivity index (χ0v) is 6.54. The summed E-state index contributed by atoms with van der Waals surface area (Å²) in [5.41, 5.74) is 0. The zero-order chi connectivity index (χ0) is 8.81. The summed E-state index contributed by atoms with van der Waals surface area (Å²) in [5, 5.41) is 2.49. The predicted octanol–water partition coefficient (Wildman–Crippen LogP) is 1.75. The van der Waals surface area contributed by atoms with Gasteiger partial charge in [0.2, 0.25) is 0 Å². The molecule has 0 unspecified atom stereocenters. The largest absolute Gasteiger partial charge is 0.445 e. The van der Waals surface area contributed by atoms with Crippen LogP contribution in [0.2, 0.25) is 0 Å². The van der Waals surface area contributed by atoms with E-state index in [9.17, 15) is 4.79 Å². The van der Waals surface area contributed by atoms with E-state index in [-0.39, 0.29) is 6.61 Å². The fourth-order valence-corrected chi connectivity index (χ4v) is 0.689. The van der Waals surface area contributed by atoms with Gasteiger partial charge in [0.15, 0.2) is 0 Å². The van der Waals surface area contributed by atoms with Crippen LogP contribution >= 0.6 is 0 Å². The van der Waals surface area contributed by atoms with Gasteiger partial charge in [0.1, 0.15) is 12.4 Å². The maximum absolute atomic E-state index is 10.9. The Morgan fingerprint density at radius 1 is 1.83 bits per heavy atom. The van der Waals surface area contributed by atoms with Crippen molar-refractivity contribution in [3.63, 3.8) is 0 Å². The number of carbonyl (C=O) groups is 1. The summed E-state index contributed by atoms with van der Waals surface area (Å²) in [6, 6.07) is 3.51. The third-order valence-electron chi connectivity index (χ3n) is 1.17. The van der Waals surface area contributed by atoms with Crippen LogP contribution in [-0.2, 0) is 4.74 Å². The van der Waals surface area contributed by atoms with Crippen molar-refractivity contribution < 1.29 is 9.53 Å². The second-order valence-electron chi connectivity index (χ2n) is 2.10. The van der Waals surface area contributed by atoms with Gasteiger partial charge in [-0.1, -0.05) is 12.7 Å². The molecular weight excluding hydrogens is 156 g/mol. The van der Waals surface area contributed by atoms with Crippen LogP contribution in [0.4, 0.5) is 10.6 Å². The standard InChI is InChI=1S/C8H10N2O2/c1-2-6-12-8(11)10-7-4-3-5-9-7/h2-5,9H,1,6H2,(H,10,11). The molecule has 1 rings (SSSR count). The number of aromatic amines is 1. The number of rotatable bonds is 3. The Morgan fingerprint density at radius 2 is 2.67 bits per heavy atom. The number of carbonyl (C=O) groups excluding carboxylic acids is 1. The SMILES string of the molecule is C=CCOC(=O)Nc1ccc[nH]1. The van der Waals surface area contributed by atoms with Crippen LogP contribution < -0.4 is 5.32 Å². The molecule has 0 saturated carbocycles. The topological polar surface area (TPSA) is 54.1 Å². The van der Waals surface area contributed by atoms with Crippen LogP contribution in [0.5, 0.6) is 0 Å². The van der Waals surface area contributed by atoms with Crippen LogP contribution in [0.25, 0.3) is 0 Å². The Hall–Kier alpha value is -1.71. The van der Waals surface area contributed by atoms with E-state index >= 15 is 0 Å². The summed E-state index contributed by atoms with van der Waals surface area (Å²) in [6.07, 6.45) is 2.73. The molecule has 0 spiro atoms. The molecule has 1 heterocycles.